The van der Waals surface area contributed by atoms with Crippen molar-refractivity contribution in [3.63, 3.8) is 0 Å². The number of carbonyl (C=O) groups is 2. The lowest BCUT2D eigenvalue weighted by atomic mass is 10.3. The van der Waals surface area contributed by atoms with Gasteiger partial charge in [-0.25, -0.2) is 0 Å². The van der Waals surface area contributed by atoms with Crippen LogP contribution in [0.5, 0.6) is 5.75 Å². The zero-order valence-electron chi connectivity index (χ0n) is 9.95. The summed E-state index contributed by atoms with van der Waals surface area (Å²) in [5.74, 6) is -0.615. The molecule has 0 unspecified atom stereocenters. The second kappa shape index (κ2) is 6.52. The number of hydrogen-bond acceptors (Lipinski definition) is 3. The van der Waals surface area contributed by atoms with E-state index in [0.29, 0.717) is 12.3 Å². The van der Waals surface area contributed by atoms with Crippen LogP contribution in [-0.2, 0) is 9.59 Å². The topological polar surface area (TPSA) is 67.4 Å². The van der Waals surface area contributed by atoms with Crippen molar-refractivity contribution >= 4 is 17.5 Å². The molecule has 0 fully saturated rings. The molecule has 1 aromatic carbocycles. The number of ether oxygens (including phenoxy) is 1. The van der Waals surface area contributed by atoms with Gasteiger partial charge in [0, 0.05) is 12.7 Å². The number of amides is 2. The van der Waals surface area contributed by atoms with E-state index in [-0.39, 0.29) is 0 Å². The first-order valence-electron chi connectivity index (χ1n) is 5.43. The van der Waals surface area contributed by atoms with Crippen LogP contribution in [0.4, 0.5) is 5.69 Å². The summed E-state index contributed by atoms with van der Waals surface area (Å²) in [6.07, 6.45) is 0.940. The first kappa shape index (κ1) is 13.0. The fraction of sp³-hybridized carbons (Fsp3) is 0.333. The van der Waals surface area contributed by atoms with Crippen LogP contribution < -0.4 is 15.4 Å². The van der Waals surface area contributed by atoms with Crippen LogP contribution in [0.3, 0.4) is 0 Å². The zero-order valence-corrected chi connectivity index (χ0v) is 9.95. The molecule has 0 aliphatic heterocycles. The van der Waals surface area contributed by atoms with Gasteiger partial charge in [-0.15, -0.1) is 0 Å². The smallest absolute Gasteiger partial charge is 0.313 e. The molecule has 0 saturated heterocycles. The van der Waals surface area contributed by atoms with Crippen LogP contribution in [0.2, 0.25) is 0 Å². The van der Waals surface area contributed by atoms with E-state index in [9.17, 15) is 9.59 Å². The molecular weight excluding hydrogens is 220 g/mol. The fourth-order valence-electron chi connectivity index (χ4n) is 1.16. The third-order valence-corrected chi connectivity index (χ3v) is 2.02. The standard InChI is InChI=1S/C12H16N2O3/c1-3-8-17-10-6-4-9(5-7-10)14-12(16)11(15)13-2/h4-7H,3,8H2,1-2H3,(H,13,15)(H,14,16). The van der Waals surface area contributed by atoms with Gasteiger partial charge in [-0.1, -0.05) is 6.92 Å². The highest BCUT2D eigenvalue weighted by molar-refractivity contribution is 6.39. The molecule has 5 heteroatoms. The lowest BCUT2D eigenvalue weighted by molar-refractivity contribution is -0.135. The van der Waals surface area contributed by atoms with E-state index >= 15 is 0 Å². The first-order valence-corrected chi connectivity index (χ1v) is 5.43. The Kier molecular flexibility index (Phi) is 5.00. The third kappa shape index (κ3) is 4.14. The van der Waals surface area contributed by atoms with Gasteiger partial charge in [0.15, 0.2) is 0 Å². The average molecular weight is 236 g/mol. The van der Waals surface area contributed by atoms with Crippen molar-refractivity contribution in [2.75, 3.05) is 19.0 Å². The molecule has 1 aromatic rings. The Hall–Kier alpha value is -2.04. The Morgan fingerprint density at radius 3 is 2.35 bits per heavy atom. The molecule has 92 valence electrons. The Labute approximate surface area is 100 Å². The molecule has 17 heavy (non-hydrogen) atoms. The van der Waals surface area contributed by atoms with E-state index in [1.54, 1.807) is 24.3 Å². The maximum Gasteiger partial charge on any atom is 0.313 e. The van der Waals surface area contributed by atoms with Gasteiger partial charge < -0.3 is 15.4 Å². The van der Waals surface area contributed by atoms with Gasteiger partial charge in [-0.05, 0) is 30.7 Å². The summed E-state index contributed by atoms with van der Waals surface area (Å²) in [5, 5.41) is 4.72. The second-order valence-electron chi connectivity index (χ2n) is 3.41. The van der Waals surface area contributed by atoms with E-state index in [1.807, 2.05) is 6.92 Å². The molecule has 0 saturated carbocycles. The molecule has 1 rings (SSSR count). The number of hydrogen-bond donors (Lipinski definition) is 2. The van der Waals surface area contributed by atoms with Crippen LogP contribution in [0.25, 0.3) is 0 Å². The first-order chi connectivity index (χ1) is 8.17. The zero-order chi connectivity index (χ0) is 12.7. The van der Waals surface area contributed by atoms with Crippen molar-refractivity contribution in [2.45, 2.75) is 13.3 Å². The molecule has 0 bridgehead atoms. The number of anilines is 1. The fourth-order valence-corrected chi connectivity index (χ4v) is 1.16. The van der Waals surface area contributed by atoms with Crippen LogP contribution in [0.15, 0.2) is 24.3 Å². The minimum Gasteiger partial charge on any atom is -0.494 e. The predicted octanol–water partition coefficient (Wildman–Crippen LogP) is 1.16. The second-order valence-corrected chi connectivity index (χ2v) is 3.41. The van der Waals surface area contributed by atoms with Crippen molar-refractivity contribution in [2.24, 2.45) is 0 Å². The third-order valence-electron chi connectivity index (χ3n) is 2.02. The number of rotatable bonds is 4. The van der Waals surface area contributed by atoms with Crippen molar-refractivity contribution in [3.8, 4) is 5.75 Å². The van der Waals surface area contributed by atoms with E-state index in [4.69, 9.17) is 4.74 Å². The summed E-state index contributed by atoms with van der Waals surface area (Å²) in [6, 6.07) is 6.86. The number of benzene rings is 1. The van der Waals surface area contributed by atoms with Crippen LogP contribution >= 0.6 is 0 Å². The average Bonchev–Trinajstić information content (AvgIpc) is 2.37. The normalized spacial score (nSPS) is 9.53. The summed E-state index contributed by atoms with van der Waals surface area (Å²) in [4.78, 5) is 22.2. The molecule has 0 aliphatic rings. The lowest BCUT2D eigenvalue weighted by Crippen LogP contribution is -2.32. The Morgan fingerprint density at radius 2 is 1.82 bits per heavy atom. The van der Waals surface area contributed by atoms with Gasteiger partial charge in [0.25, 0.3) is 0 Å². The Morgan fingerprint density at radius 1 is 1.18 bits per heavy atom. The van der Waals surface area contributed by atoms with E-state index in [1.165, 1.54) is 7.05 Å². The monoisotopic (exact) mass is 236 g/mol. The van der Waals surface area contributed by atoms with Gasteiger partial charge in [-0.3, -0.25) is 9.59 Å². The van der Waals surface area contributed by atoms with Gasteiger partial charge in [0.2, 0.25) is 0 Å². The van der Waals surface area contributed by atoms with Gasteiger partial charge >= 0.3 is 11.8 Å². The molecule has 0 heterocycles. The predicted molar refractivity (Wildman–Crippen MR) is 64.9 cm³/mol. The minimum absolute atomic E-state index is 0.558. The largest absolute Gasteiger partial charge is 0.494 e. The number of carbonyl (C=O) groups excluding carboxylic acids is 2. The Bertz CT molecular complexity index is 387. The summed E-state index contributed by atoms with van der Waals surface area (Å²) in [5.41, 5.74) is 0.558. The highest BCUT2D eigenvalue weighted by Crippen LogP contribution is 2.15. The van der Waals surface area contributed by atoms with Crippen molar-refractivity contribution in [3.05, 3.63) is 24.3 Å². The van der Waals surface area contributed by atoms with E-state index in [0.717, 1.165) is 12.2 Å². The maximum atomic E-state index is 11.2. The number of likely N-dealkylation sites (N-methyl/N-ethyl adjacent to an activating group) is 1. The van der Waals surface area contributed by atoms with Crippen LogP contribution in [0.1, 0.15) is 13.3 Å². The SMILES string of the molecule is CCCOc1ccc(NC(=O)C(=O)NC)cc1. The number of nitrogens with one attached hydrogen (secondary N) is 2. The molecule has 0 spiro atoms. The van der Waals surface area contributed by atoms with Crippen LogP contribution in [-0.4, -0.2) is 25.5 Å². The van der Waals surface area contributed by atoms with Crippen LogP contribution in [0, 0.1) is 0 Å². The molecule has 5 nitrogen and oxygen atoms in total. The molecule has 2 N–H and O–H groups in total. The van der Waals surface area contributed by atoms with Gasteiger partial charge in [0.05, 0.1) is 6.61 Å². The molecule has 0 atom stereocenters. The summed E-state index contributed by atoms with van der Waals surface area (Å²) in [6.45, 7) is 2.68. The minimum atomic E-state index is -0.685. The summed E-state index contributed by atoms with van der Waals surface area (Å²) < 4.78 is 5.39. The Balaban J connectivity index is 2.56. The molecule has 2 amide bonds. The van der Waals surface area contributed by atoms with Gasteiger partial charge in [-0.2, -0.15) is 0 Å². The lowest BCUT2D eigenvalue weighted by Gasteiger charge is -2.06. The highest BCUT2D eigenvalue weighted by atomic mass is 16.5. The summed E-state index contributed by atoms with van der Waals surface area (Å²) in [7, 11) is 1.41. The van der Waals surface area contributed by atoms with E-state index < -0.39 is 11.8 Å². The van der Waals surface area contributed by atoms with Crippen molar-refractivity contribution < 1.29 is 14.3 Å². The van der Waals surface area contributed by atoms with Gasteiger partial charge in [0.1, 0.15) is 5.75 Å². The summed E-state index contributed by atoms with van der Waals surface area (Å²) >= 11 is 0. The maximum absolute atomic E-state index is 11.2. The molecule has 0 aliphatic carbocycles. The van der Waals surface area contributed by atoms with Crippen molar-refractivity contribution in [1.82, 2.24) is 5.32 Å². The quantitative estimate of drug-likeness (QED) is 0.771. The highest BCUT2D eigenvalue weighted by Gasteiger charge is 2.10. The molecular formula is C12H16N2O3. The van der Waals surface area contributed by atoms with E-state index in [2.05, 4.69) is 10.6 Å². The molecule has 0 radical (unpaired) electrons. The van der Waals surface area contributed by atoms with Crippen molar-refractivity contribution in [1.29, 1.82) is 0 Å². The molecule has 0 aromatic heterocycles.